The molecule has 0 fully saturated rings. The van der Waals surface area contributed by atoms with E-state index in [1.54, 1.807) is 28.7 Å². The molecular formula is C11H15NOS2. The first-order valence-electron chi connectivity index (χ1n) is 4.75. The average molecular weight is 241 g/mol. The summed E-state index contributed by atoms with van der Waals surface area (Å²) in [6.45, 7) is 4.16. The fourth-order valence-electron chi connectivity index (χ4n) is 0.995. The molecule has 2 nitrogen and oxygen atoms in total. The molecule has 0 saturated heterocycles. The van der Waals surface area contributed by atoms with E-state index in [0.717, 1.165) is 17.0 Å². The molecule has 0 bridgehead atoms. The molecule has 0 radical (unpaired) electrons. The van der Waals surface area contributed by atoms with E-state index >= 15 is 0 Å². The van der Waals surface area contributed by atoms with E-state index in [2.05, 4.69) is 11.9 Å². The smallest absolute Gasteiger partial charge is 0.261 e. The standard InChI is InChI=1S/C11H15NOS2/c1-4-14-15-11(13-3)12-10-8-6-5-7-9(10)2/h5-8H,4H2,1-3H3. The van der Waals surface area contributed by atoms with Crippen LogP contribution in [0.3, 0.4) is 0 Å². The van der Waals surface area contributed by atoms with E-state index < -0.39 is 0 Å². The number of para-hydroxylation sites is 1. The third-order valence-corrected chi connectivity index (χ3v) is 3.99. The Kier molecular flexibility index (Phi) is 5.65. The molecule has 0 aliphatic carbocycles. The fourth-order valence-corrected chi connectivity index (χ4v) is 2.39. The molecule has 0 atom stereocenters. The lowest BCUT2D eigenvalue weighted by molar-refractivity contribution is 0.417. The monoisotopic (exact) mass is 241 g/mol. The van der Waals surface area contributed by atoms with Crippen LogP contribution in [0.5, 0.6) is 0 Å². The molecule has 0 heterocycles. The molecule has 0 amide bonds. The van der Waals surface area contributed by atoms with Crippen LogP contribution in [0, 0.1) is 6.92 Å². The van der Waals surface area contributed by atoms with E-state index in [1.807, 2.05) is 31.2 Å². The van der Waals surface area contributed by atoms with Gasteiger partial charge in [-0.3, -0.25) is 0 Å². The van der Waals surface area contributed by atoms with Crippen molar-refractivity contribution in [3.8, 4) is 0 Å². The van der Waals surface area contributed by atoms with Crippen molar-refractivity contribution in [2.45, 2.75) is 13.8 Å². The summed E-state index contributed by atoms with van der Waals surface area (Å²) in [5.74, 6) is 1.04. The number of hydrogen-bond donors (Lipinski definition) is 0. The number of aryl methyl sites for hydroxylation is 1. The van der Waals surface area contributed by atoms with Crippen LogP contribution in [0.2, 0.25) is 0 Å². The average Bonchev–Trinajstić information content (AvgIpc) is 2.26. The van der Waals surface area contributed by atoms with Crippen LogP contribution in [0.4, 0.5) is 5.69 Å². The second-order valence-electron chi connectivity index (χ2n) is 2.86. The van der Waals surface area contributed by atoms with Gasteiger partial charge in [0, 0.05) is 16.5 Å². The molecule has 0 aliphatic rings. The molecule has 0 N–H and O–H groups in total. The molecule has 0 saturated carbocycles. The normalized spacial score (nSPS) is 11.5. The Bertz CT molecular complexity index is 339. The maximum absolute atomic E-state index is 5.20. The van der Waals surface area contributed by atoms with Crippen molar-refractivity contribution in [1.82, 2.24) is 0 Å². The van der Waals surface area contributed by atoms with Gasteiger partial charge in [0.15, 0.2) is 0 Å². The highest BCUT2D eigenvalue weighted by Gasteiger charge is 2.01. The molecule has 1 aromatic carbocycles. The molecule has 0 spiro atoms. The summed E-state index contributed by atoms with van der Waals surface area (Å²) in [4.78, 5) is 4.45. The van der Waals surface area contributed by atoms with E-state index in [9.17, 15) is 0 Å². The zero-order chi connectivity index (χ0) is 11.1. The van der Waals surface area contributed by atoms with Gasteiger partial charge in [-0.15, -0.1) is 0 Å². The quantitative estimate of drug-likeness (QED) is 0.453. The van der Waals surface area contributed by atoms with Crippen molar-refractivity contribution in [3.05, 3.63) is 29.8 Å². The predicted molar refractivity (Wildman–Crippen MR) is 71.0 cm³/mol. The van der Waals surface area contributed by atoms with Gasteiger partial charge in [-0.25, -0.2) is 4.99 Å². The van der Waals surface area contributed by atoms with Crippen LogP contribution < -0.4 is 0 Å². The summed E-state index contributed by atoms with van der Waals surface area (Å²) >= 11 is 0. The van der Waals surface area contributed by atoms with Crippen LogP contribution in [0.1, 0.15) is 12.5 Å². The summed E-state index contributed by atoms with van der Waals surface area (Å²) in [5.41, 5.74) is 2.13. The van der Waals surface area contributed by atoms with Crippen LogP contribution in [-0.2, 0) is 4.74 Å². The highest BCUT2D eigenvalue weighted by molar-refractivity contribution is 8.82. The first-order valence-corrected chi connectivity index (χ1v) is 7.07. The molecule has 4 heteroatoms. The van der Waals surface area contributed by atoms with E-state index in [1.165, 1.54) is 0 Å². The van der Waals surface area contributed by atoms with E-state index in [-0.39, 0.29) is 0 Å². The van der Waals surface area contributed by atoms with Crippen LogP contribution in [-0.4, -0.2) is 18.1 Å². The highest BCUT2D eigenvalue weighted by atomic mass is 33.1. The maximum atomic E-state index is 5.20. The Morgan fingerprint density at radius 1 is 1.40 bits per heavy atom. The van der Waals surface area contributed by atoms with Crippen molar-refractivity contribution < 1.29 is 4.74 Å². The third-order valence-electron chi connectivity index (χ3n) is 1.75. The summed E-state index contributed by atoms with van der Waals surface area (Å²) < 4.78 is 5.20. The Hall–Kier alpha value is -0.610. The first-order chi connectivity index (χ1) is 7.27. The topological polar surface area (TPSA) is 21.6 Å². The maximum Gasteiger partial charge on any atom is 0.261 e. The highest BCUT2D eigenvalue weighted by Crippen LogP contribution is 2.26. The predicted octanol–water partition coefficient (Wildman–Crippen LogP) is 4.03. The van der Waals surface area contributed by atoms with Crippen molar-refractivity contribution in [1.29, 1.82) is 0 Å². The summed E-state index contributed by atoms with van der Waals surface area (Å²) in [6.07, 6.45) is 0. The van der Waals surface area contributed by atoms with Gasteiger partial charge < -0.3 is 4.74 Å². The second kappa shape index (κ2) is 6.80. The number of methoxy groups -OCH3 is 1. The Morgan fingerprint density at radius 3 is 2.73 bits per heavy atom. The Balaban J connectivity index is 2.78. The molecule has 0 aliphatic heterocycles. The van der Waals surface area contributed by atoms with Gasteiger partial charge >= 0.3 is 0 Å². The Morgan fingerprint density at radius 2 is 2.13 bits per heavy atom. The van der Waals surface area contributed by atoms with Gasteiger partial charge in [-0.05, 0) is 18.6 Å². The van der Waals surface area contributed by atoms with E-state index in [0.29, 0.717) is 5.23 Å². The van der Waals surface area contributed by atoms with Gasteiger partial charge in [-0.1, -0.05) is 35.9 Å². The molecular weight excluding hydrogens is 226 g/mol. The molecule has 15 heavy (non-hydrogen) atoms. The zero-order valence-corrected chi connectivity index (χ0v) is 10.8. The SMILES string of the molecule is CCSSC(=Nc1ccccc1C)OC. The van der Waals surface area contributed by atoms with Gasteiger partial charge in [-0.2, -0.15) is 0 Å². The lowest BCUT2D eigenvalue weighted by atomic mass is 10.2. The van der Waals surface area contributed by atoms with Crippen LogP contribution in [0.25, 0.3) is 0 Å². The molecule has 1 aromatic rings. The second-order valence-corrected chi connectivity index (χ2v) is 5.39. The molecule has 0 unspecified atom stereocenters. The van der Waals surface area contributed by atoms with Gasteiger partial charge in [0.05, 0.1) is 12.8 Å². The van der Waals surface area contributed by atoms with Crippen molar-refractivity contribution >= 4 is 32.5 Å². The molecule has 0 aromatic heterocycles. The number of ether oxygens (including phenoxy) is 1. The molecule has 82 valence electrons. The third kappa shape index (κ3) is 4.18. The summed E-state index contributed by atoms with van der Waals surface area (Å²) in [7, 11) is 4.95. The minimum Gasteiger partial charge on any atom is -0.476 e. The van der Waals surface area contributed by atoms with Crippen molar-refractivity contribution in [2.24, 2.45) is 4.99 Å². The largest absolute Gasteiger partial charge is 0.476 e. The first kappa shape index (κ1) is 12.5. The van der Waals surface area contributed by atoms with Gasteiger partial charge in [0.1, 0.15) is 0 Å². The number of nitrogens with zero attached hydrogens (tertiary/aromatic N) is 1. The lowest BCUT2D eigenvalue weighted by Crippen LogP contribution is -1.92. The van der Waals surface area contributed by atoms with Crippen molar-refractivity contribution in [3.63, 3.8) is 0 Å². The summed E-state index contributed by atoms with van der Waals surface area (Å²) in [6, 6.07) is 8.03. The van der Waals surface area contributed by atoms with Gasteiger partial charge in [0.2, 0.25) is 0 Å². The number of hydrogen-bond acceptors (Lipinski definition) is 4. The van der Waals surface area contributed by atoms with Crippen LogP contribution in [0.15, 0.2) is 29.3 Å². The molecule has 1 rings (SSSR count). The number of benzene rings is 1. The minimum absolute atomic E-state index is 0.705. The van der Waals surface area contributed by atoms with Crippen LogP contribution >= 0.6 is 21.6 Å². The fraction of sp³-hybridized carbons (Fsp3) is 0.364. The minimum atomic E-state index is 0.705. The Labute approximate surface area is 98.9 Å². The lowest BCUT2D eigenvalue weighted by Gasteiger charge is -2.04. The summed E-state index contributed by atoms with van der Waals surface area (Å²) in [5, 5.41) is 0.705. The van der Waals surface area contributed by atoms with E-state index in [4.69, 9.17) is 4.74 Å². The number of aliphatic imine (C=N–C) groups is 1. The van der Waals surface area contributed by atoms with Crippen molar-refractivity contribution in [2.75, 3.05) is 12.9 Å². The number of rotatable bonds is 3. The zero-order valence-electron chi connectivity index (χ0n) is 9.19. The van der Waals surface area contributed by atoms with Gasteiger partial charge in [0.25, 0.3) is 5.23 Å².